The molecule has 0 spiro atoms. The van der Waals surface area contributed by atoms with Gasteiger partial charge >= 0.3 is 51.0 Å². The first-order valence-electron chi connectivity index (χ1n) is 0. The van der Waals surface area contributed by atoms with Crippen LogP contribution in [-0.4, -0.2) is 87.7 Å². The Morgan fingerprint density at radius 1 is 1.00 bits per heavy atom. The molecule has 0 bridgehead atoms. The summed E-state index contributed by atoms with van der Waals surface area (Å²) in [4.78, 5) is 0. The Kier molecular flexibility index (Phi) is 314. The van der Waals surface area contributed by atoms with E-state index in [1.807, 2.05) is 0 Å². The van der Waals surface area contributed by atoms with E-state index in [9.17, 15) is 0 Å². The number of hydrogen-bond donors (Lipinski definition) is 0. The van der Waals surface area contributed by atoms with Crippen molar-refractivity contribution in [2.24, 2.45) is 0 Å². The summed E-state index contributed by atoms with van der Waals surface area (Å²) in [6.45, 7) is 0. The van der Waals surface area contributed by atoms with Crippen LogP contribution >= 0.6 is 0 Å². The van der Waals surface area contributed by atoms with Gasteiger partial charge in [-0.05, 0) is 11.0 Å². The summed E-state index contributed by atoms with van der Waals surface area (Å²) in [5, 5.41) is 0. The molecule has 0 aromatic heterocycles. The minimum absolute atomic E-state index is 0. The van der Waals surface area contributed by atoms with Crippen molar-refractivity contribution < 1.29 is 0 Å². The first-order valence-corrected chi connectivity index (χ1v) is 0. The molecule has 0 rings (SSSR count). The van der Waals surface area contributed by atoms with Gasteiger partial charge in [-0.25, -0.2) is 0 Å². The van der Waals surface area contributed by atoms with E-state index < -0.39 is 0 Å². The Balaban J connectivity index is 0. The average Bonchev–Trinajstić information content (AvgIpc) is 0. The van der Waals surface area contributed by atoms with Crippen LogP contribution in [0.4, 0.5) is 0 Å². The van der Waals surface area contributed by atoms with Crippen LogP contribution in [0.3, 0.4) is 0 Å². The van der Waals surface area contributed by atoms with E-state index in [1.165, 1.54) is 0 Å². The van der Waals surface area contributed by atoms with E-state index in [0.717, 1.165) is 0 Å². The van der Waals surface area contributed by atoms with Crippen LogP contribution in [0.2, 0.25) is 0 Å². The summed E-state index contributed by atoms with van der Waals surface area (Å²) in [6.07, 6.45) is 0. The summed E-state index contributed by atoms with van der Waals surface area (Å²) < 4.78 is 0. The summed E-state index contributed by atoms with van der Waals surface area (Å²) >= 11 is 0. The van der Waals surface area contributed by atoms with Crippen LogP contribution < -0.4 is 0 Å². The number of rotatable bonds is 0. The van der Waals surface area contributed by atoms with Crippen LogP contribution in [0.1, 0.15) is 0 Å². The van der Waals surface area contributed by atoms with Crippen molar-refractivity contribution >= 4 is 87.7 Å². The van der Waals surface area contributed by atoms with Crippen LogP contribution in [0.5, 0.6) is 0 Å². The van der Waals surface area contributed by atoms with Crippen LogP contribution in [-0.2, 0) is 0 Å². The molecular weight excluding hydrogens is 401 g/mol. The standard InChI is InChI=1S/Al.B.Pb.H4Si.H2Te.5H/h;;;1H4;1H2;;;;;. The minimum atomic E-state index is 0. The van der Waals surface area contributed by atoms with E-state index >= 15 is 0 Å². The molecule has 0 atom stereocenters. The zero-order chi connectivity index (χ0) is 0. The van der Waals surface area contributed by atoms with E-state index in [1.54, 1.807) is 0 Å². The Morgan fingerprint density at radius 2 is 1.00 bits per heavy atom. The molecule has 0 aromatic carbocycles. The molecule has 0 nitrogen and oxygen atoms in total. The molecule has 0 aliphatic heterocycles. The average molecular weight is 412 g/mol. The van der Waals surface area contributed by atoms with Gasteiger partial charge in [-0.15, -0.1) is 0 Å². The molecule has 0 aliphatic carbocycles. The third kappa shape index (κ3) is 21.0. The third-order valence-corrected chi connectivity index (χ3v) is 0. The molecule has 31 valence electrons. The zero-order valence-electron chi connectivity index (χ0n) is 1.78. The topological polar surface area (TPSA) is 0 Å². The molecule has 5 radical (unpaired) electrons. The molecule has 0 amide bonds. The zero-order valence-corrected chi connectivity index (χ0v) is 10.1. The van der Waals surface area contributed by atoms with Crippen molar-refractivity contribution in [3.63, 3.8) is 0 Å². The number of hydrogen-bond acceptors (Lipinski definition) is 0. The molecule has 0 saturated carbocycles. The second-order valence-electron chi connectivity index (χ2n) is 0. The van der Waals surface area contributed by atoms with Crippen molar-refractivity contribution in [1.29, 1.82) is 0 Å². The Morgan fingerprint density at radius 3 is 1.00 bits per heavy atom. The van der Waals surface area contributed by atoms with Gasteiger partial charge in [0.15, 0.2) is 17.4 Å². The predicted octanol–water partition coefficient (Wildman–Crippen LogP) is -4.85. The van der Waals surface area contributed by atoms with Gasteiger partial charge in [-0.1, -0.05) is 0 Å². The predicted molar refractivity (Wildman–Crippen MR) is 44.1 cm³/mol. The maximum absolute atomic E-state index is 0. The Hall–Kier alpha value is 2.53. The molecule has 0 aliphatic rings. The molecule has 5 heteroatoms. The fraction of sp³-hybridized carbons (Fsp3) is 0. The molecule has 5 heavy (non-hydrogen) atoms. The fourth-order valence-electron chi connectivity index (χ4n) is 0. The van der Waals surface area contributed by atoms with Gasteiger partial charge in [0.2, 0.25) is 0 Å². The second kappa shape index (κ2) is 31.2. The quantitative estimate of drug-likeness (QED) is 0.351. The van der Waals surface area contributed by atoms with Crippen molar-refractivity contribution in [3.05, 3.63) is 0 Å². The van der Waals surface area contributed by atoms with Crippen molar-refractivity contribution in [2.45, 2.75) is 0 Å². The van der Waals surface area contributed by atoms with Gasteiger partial charge < -0.3 is 0 Å². The molecule has 0 fully saturated rings. The van der Waals surface area contributed by atoms with Gasteiger partial charge in [0.25, 0.3) is 0 Å². The molecule has 0 N–H and O–H groups in total. The van der Waals surface area contributed by atoms with Crippen molar-refractivity contribution in [3.8, 4) is 0 Å². The SMILES string of the molecule is [AlH3].[B].[PbH2].[SiH4].[TeH2]. The monoisotopic (exact) mass is 415 g/mol. The van der Waals surface area contributed by atoms with Gasteiger partial charge in [-0.2, -0.15) is 0 Å². The van der Waals surface area contributed by atoms with Gasteiger partial charge in [-0.3, -0.25) is 0 Å². The molecule has 0 aromatic rings. The summed E-state index contributed by atoms with van der Waals surface area (Å²) in [6, 6.07) is 0. The first kappa shape index (κ1) is 50.2. The Labute approximate surface area is 86.5 Å². The summed E-state index contributed by atoms with van der Waals surface area (Å²) in [7, 11) is 0. The summed E-state index contributed by atoms with van der Waals surface area (Å²) in [5.74, 6) is 0. The maximum atomic E-state index is 0. The normalized spacial score (nSPS) is 0. The van der Waals surface area contributed by atoms with Crippen molar-refractivity contribution in [1.82, 2.24) is 0 Å². The fourth-order valence-corrected chi connectivity index (χ4v) is 0. The van der Waals surface area contributed by atoms with Crippen LogP contribution in [0.15, 0.2) is 0 Å². The third-order valence-electron chi connectivity index (χ3n) is 0. The van der Waals surface area contributed by atoms with Gasteiger partial charge in [0.1, 0.15) is 0 Å². The second-order valence-corrected chi connectivity index (χ2v) is 0. The molecule has 0 unspecified atom stereocenters. The molecular formula is H11AlBPbSiTe. The summed E-state index contributed by atoms with van der Waals surface area (Å²) in [5.41, 5.74) is 0. The van der Waals surface area contributed by atoms with E-state index in [2.05, 4.69) is 0 Å². The van der Waals surface area contributed by atoms with Gasteiger partial charge in [0, 0.05) is 8.41 Å². The Bertz CT molecular complexity index is 11.6. The van der Waals surface area contributed by atoms with E-state index in [0.29, 0.717) is 0 Å². The molecule has 0 heterocycles. The van der Waals surface area contributed by atoms with Crippen LogP contribution in [0.25, 0.3) is 0 Å². The first-order chi connectivity index (χ1) is 0. The van der Waals surface area contributed by atoms with E-state index in [-0.39, 0.29) is 87.7 Å². The van der Waals surface area contributed by atoms with Crippen LogP contribution in [0, 0.1) is 0 Å². The van der Waals surface area contributed by atoms with E-state index in [4.69, 9.17) is 0 Å². The van der Waals surface area contributed by atoms with Gasteiger partial charge in [0.05, 0.1) is 0 Å². The molecule has 0 saturated heterocycles. The van der Waals surface area contributed by atoms with Crippen molar-refractivity contribution in [2.75, 3.05) is 0 Å².